The number of hydrogen-bond donors (Lipinski definition) is 0. The SMILES string of the molecule is O=C(c1c(F)cccc1F)N1CCC(N2CCCC2)CC1. The predicted molar refractivity (Wildman–Crippen MR) is 76.1 cm³/mol. The van der Waals surface area contributed by atoms with E-state index >= 15 is 0 Å². The number of benzene rings is 1. The van der Waals surface area contributed by atoms with Crippen molar-refractivity contribution in [3.05, 3.63) is 35.4 Å². The lowest BCUT2D eigenvalue weighted by molar-refractivity contribution is 0.0635. The van der Waals surface area contributed by atoms with Gasteiger partial charge < -0.3 is 9.80 Å². The second kappa shape index (κ2) is 6.10. The third-order valence-electron chi connectivity index (χ3n) is 4.59. The highest BCUT2D eigenvalue weighted by Gasteiger charge is 2.30. The first-order chi connectivity index (χ1) is 10.2. The van der Waals surface area contributed by atoms with E-state index in [-0.39, 0.29) is 0 Å². The van der Waals surface area contributed by atoms with Crippen molar-refractivity contribution in [2.45, 2.75) is 31.7 Å². The van der Waals surface area contributed by atoms with E-state index in [9.17, 15) is 13.6 Å². The Bertz CT molecular complexity index is 501. The summed E-state index contributed by atoms with van der Waals surface area (Å²) in [5, 5.41) is 0. The van der Waals surface area contributed by atoms with Crippen molar-refractivity contribution in [3.8, 4) is 0 Å². The van der Waals surface area contributed by atoms with E-state index in [2.05, 4.69) is 4.90 Å². The van der Waals surface area contributed by atoms with Crippen molar-refractivity contribution in [1.29, 1.82) is 0 Å². The lowest BCUT2D eigenvalue weighted by Gasteiger charge is -2.36. The molecule has 0 aliphatic carbocycles. The normalized spacial score (nSPS) is 21.0. The fraction of sp³-hybridized carbons (Fsp3) is 0.562. The fourth-order valence-corrected chi connectivity index (χ4v) is 3.40. The Kier molecular flexibility index (Phi) is 4.19. The summed E-state index contributed by atoms with van der Waals surface area (Å²) in [5.74, 6) is -2.08. The highest BCUT2D eigenvalue weighted by molar-refractivity contribution is 5.94. The van der Waals surface area contributed by atoms with Crippen molar-refractivity contribution < 1.29 is 13.6 Å². The molecule has 5 heteroatoms. The van der Waals surface area contributed by atoms with Crippen LogP contribution in [0.1, 0.15) is 36.0 Å². The zero-order chi connectivity index (χ0) is 14.8. The highest BCUT2D eigenvalue weighted by Crippen LogP contribution is 2.23. The second-order valence-corrected chi connectivity index (χ2v) is 5.86. The van der Waals surface area contributed by atoms with Gasteiger partial charge in [-0.1, -0.05) is 6.07 Å². The maximum Gasteiger partial charge on any atom is 0.259 e. The number of piperidine rings is 1. The molecule has 0 bridgehead atoms. The second-order valence-electron chi connectivity index (χ2n) is 5.86. The van der Waals surface area contributed by atoms with Crippen LogP contribution in [0.4, 0.5) is 8.78 Å². The number of hydrogen-bond acceptors (Lipinski definition) is 2. The third kappa shape index (κ3) is 2.93. The maximum atomic E-state index is 13.7. The summed E-state index contributed by atoms with van der Waals surface area (Å²) in [6.07, 6.45) is 4.28. The van der Waals surface area contributed by atoms with Crippen molar-refractivity contribution in [2.75, 3.05) is 26.2 Å². The summed E-state index contributed by atoms with van der Waals surface area (Å²) < 4.78 is 27.4. The average Bonchev–Trinajstić information content (AvgIpc) is 3.01. The first-order valence-corrected chi connectivity index (χ1v) is 7.64. The molecule has 2 aliphatic rings. The standard InChI is InChI=1S/C16H20F2N2O/c17-13-4-3-5-14(18)15(13)16(21)20-10-6-12(7-11-20)19-8-1-2-9-19/h3-5,12H,1-2,6-11H2. The van der Waals surface area contributed by atoms with Crippen LogP contribution < -0.4 is 0 Å². The van der Waals surface area contributed by atoms with E-state index < -0.39 is 23.1 Å². The van der Waals surface area contributed by atoms with Gasteiger partial charge in [-0.3, -0.25) is 4.79 Å². The van der Waals surface area contributed by atoms with E-state index in [0.29, 0.717) is 19.1 Å². The van der Waals surface area contributed by atoms with Gasteiger partial charge in [-0.15, -0.1) is 0 Å². The van der Waals surface area contributed by atoms with Crippen LogP contribution in [0.3, 0.4) is 0 Å². The predicted octanol–water partition coefficient (Wildman–Crippen LogP) is 2.67. The van der Waals surface area contributed by atoms with Gasteiger partial charge in [0.1, 0.15) is 17.2 Å². The van der Waals surface area contributed by atoms with Crippen molar-refractivity contribution in [1.82, 2.24) is 9.80 Å². The summed E-state index contributed by atoms with van der Waals surface area (Å²) in [6.45, 7) is 3.43. The van der Waals surface area contributed by atoms with Gasteiger partial charge in [0.05, 0.1) is 0 Å². The summed E-state index contributed by atoms with van der Waals surface area (Å²) in [4.78, 5) is 16.4. The highest BCUT2D eigenvalue weighted by atomic mass is 19.1. The minimum Gasteiger partial charge on any atom is -0.338 e. The molecule has 114 valence electrons. The molecule has 21 heavy (non-hydrogen) atoms. The van der Waals surface area contributed by atoms with Crippen LogP contribution in [0.2, 0.25) is 0 Å². The number of carbonyl (C=O) groups excluding carboxylic acids is 1. The minimum atomic E-state index is -0.776. The van der Waals surface area contributed by atoms with E-state index in [1.807, 2.05) is 0 Å². The molecule has 2 saturated heterocycles. The Balaban J connectivity index is 1.65. The molecule has 0 aromatic heterocycles. The molecule has 0 atom stereocenters. The van der Waals surface area contributed by atoms with Gasteiger partial charge in [0.15, 0.2) is 0 Å². The zero-order valence-electron chi connectivity index (χ0n) is 12.0. The molecule has 0 spiro atoms. The molecule has 1 amide bonds. The Morgan fingerprint density at radius 3 is 2.14 bits per heavy atom. The van der Waals surface area contributed by atoms with E-state index in [1.165, 1.54) is 18.9 Å². The van der Waals surface area contributed by atoms with Gasteiger partial charge in [0, 0.05) is 19.1 Å². The lowest BCUT2D eigenvalue weighted by atomic mass is 10.0. The maximum absolute atomic E-state index is 13.7. The molecule has 0 N–H and O–H groups in total. The quantitative estimate of drug-likeness (QED) is 0.837. The smallest absolute Gasteiger partial charge is 0.259 e. The third-order valence-corrected chi connectivity index (χ3v) is 4.59. The number of rotatable bonds is 2. The van der Waals surface area contributed by atoms with Gasteiger partial charge in [0.25, 0.3) is 5.91 Å². The van der Waals surface area contributed by atoms with E-state index in [4.69, 9.17) is 0 Å². The Morgan fingerprint density at radius 2 is 1.57 bits per heavy atom. The fourth-order valence-electron chi connectivity index (χ4n) is 3.40. The van der Waals surface area contributed by atoms with Gasteiger partial charge in [-0.05, 0) is 50.9 Å². The Morgan fingerprint density at radius 1 is 1.00 bits per heavy atom. The molecular formula is C16H20F2N2O. The van der Waals surface area contributed by atoms with Gasteiger partial charge in [0.2, 0.25) is 0 Å². The van der Waals surface area contributed by atoms with Crippen molar-refractivity contribution in [2.24, 2.45) is 0 Å². The Labute approximate surface area is 123 Å². The van der Waals surface area contributed by atoms with Crippen LogP contribution in [0, 0.1) is 11.6 Å². The van der Waals surface area contributed by atoms with Crippen molar-refractivity contribution >= 4 is 5.91 Å². The molecule has 0 unspecified atom stereocenters. The summed E-state index contributed by atoms with van der Waals surface area (Å²) in [7, 11) is 0. The Hall–Kier alpha value is -1.49. The summed E-state index contributed by atoms with van der Waals surface area (Å²) in [5.41, 5.74) is -0.419. The lowest BCUT2D eigenvalue weighted by Crippen LogP contribution is -2.46. The van der Waals surface area contributed by atoms with Crippen LogP contribution in [0.15, 0.2) is 18.2 Å². The van der Waals surface area contributed by atoms with Gasteiger partial charge in [-0.2, -0.15) is 0 Å². The molecule has 3 nitrogen and oxygen atoms in total. The number of nitrogens with zero attached hydrogens (tertiary/aromatic N) is 2. The summed E-state index contributed by atoms with van der Waals surface area (Å²) >= 11 is 0. The van der Waals surface area contributed by atoms with Crippen LogP contribution in [0.5, 0.6) is 0 Å². The molecule has 0 radical (unpaired) electrons. The van der Waals surface area contributed by atoms with Crippen LogP contribution in [-0.4, -0.2) is 47.9 Å². The first kappa shape index (κ1) is 14.4. The summed E-state index contributed by atoms with van der Waals surface area (Å²) in [6, 6.07) is 4.06. The van der Waals surface area contributed by atoms with Crippen molar-refractivity contribution in [3.63, 3.8) is 0 Å². The van der Waals surface area contributed by atoms with Gasteiger partial charge >= 0.3 is 0 Å². The van der Waals surface area contributed by atoms with Crippen LogP contribution >= 0.6 is 0 Å². The molecule has 1 aromatic carbocycles. The number of likely N-dealkylation sites (tertiary alicyclic amines) is 2. The van der Waals surface area contributed by atoms with Gasteiger partial charge in [-0.25, -0.2) is 8.78 Å². The molecule has 2 aliphatic heterocycles. The monoisotopic (exact) mass is 294 g/mol. The first-order valence-electron chi connectivity index (χ1n) is 7.64. The van der Waals surface area contributed by atoms with Crippen LogP contribution in [-0.2, 0) is 0 Å². The molecule has 3 rings (SSSR count). The number of carbonyl (C=O) groups is 1. The molecule has 0 saturated carbocycles. The average molecular weight is 294 g/mol. The van der Waals surface area contributed by atoms with Crippen LogP contribution in [0.25, 0.3) is 0 Å². The number of amides is 1. The van der Waals surface area contributed by atoms with E-state index in [0.717, 1.165) is 38.1 Å². The largest absolute Gasteiger partial charge is 0.338 e. The molecule has 2 heterocycles. The zero-order valence-corrected chi connectivity index (χ0v) is 12.0. The molecular weight excluding hydrogens is 274 g/mol. The molecule has 2 fully saturated rings. The number of halogens is 2. The topological polar surface area (TPSA) is 23.6 Å². The van der Waals surface area contributed by atoms with E-state index in [1.54, 1.807) is 4.90 Å². The minimum absolute atomic E-state index is 0.419. The molecule has 1 aromatic rings.